The van der Waals surface area contributed by atoms with Crippen LogP contribution in [0.5, 0.6) is 0 Å². The number of carboxylic acids is 1. The van der Waals surface area contributed by atoms with Gasteiger partial charge in [0.05, 0.1) is 6.42 Å². The number of hydrogen-bond acceptors (Lipinski definition) is 4. The van der Waals surface area contributed by atoms with Crippen LogP contribution in [0.1, 0.15) is 55.6 Å². The fourth-order valence-corrected chi connectivity index (χ4v) is 6.28. The highest BCUT2D eigenvalue weighted by atomic mass is 16.5. The van der Waals surface area contributed by atoms with Gasteiger partial charge in [-0.3, -0.25) is 9.59 Å². The van der Waals surface area contributed by atoms with Crippen molar-refractivity contribution in [3.63, 3.8) is 0 Å². The van der Waals surface area contributed by atoms with Gasteiger partial charge in [-0.15, -0.1) is 0 Å². The van der Waals surface area contributed by atoms with E-state index in [2.05, 4.69) is 17.4 Å². The molecular weight excluding hydrogens is 444 g/mol. The molecule has 0 aromatic heterocycles. The Hall–Kier alpha value is -3.35. The summed E-state index contributed by atoms with van der Waals surface area (Å²) >= 11 is 0. The lowest BCUT2D eigenvalue weighted by Crippen LogP contribution is -2.52. The first-order chi connectivity index (χ1) is 16.8. The molecule has 2 saturated carbocycles. The number of carbonyl (C=O) groups excluding carboxylic acids is 2. The minimum absolute atomic E-state index is 0.105. The van der Waals surface area contributed by atoms with E-state index in [0.717, 1.165) is 35.1 Å². The highest BCUT2D eigenvalue weighted by Gasteiger charge is 2.48. The van der Waals surface area contributed by atoms with Crippen LogP contribution in [-0.2, 0) is 14.3 Å². The van der Waals surface area contributed by atoms with Gasteiger partial charge in [0.15, 0.2) is 0 Å². The van der Waals surface area contributed by atoms with E-state index in [1.807, 2.05) is 36.4 Å². The predicted molar refractivity (Wildman–Crippen MR) is 131 cm³/mol. The summed E-state index contributed by atoms with van der Waals surface area (Å²) in [6.07, 6.45) is 4.87. The molecule has 0 bridgehead atoms. The average Bonchev–Trinajstić information content (AvgIpc) is 3.11. The molecule has 2 fully saturated rings. The van der Waals surface area contributed by atoms with Crippen molar-refractivity contribution < 1.29 is 24.2 Å². The quantitative estimate of drug-likeness (QED) is 0.589. The van der Waals surface area contributed by atoms with Crippen LogP contribution in [0.2, 0.25) is 0 Å². The van der Waals surface area contributed by atoms with E-state index in [0.29, 0.717) is 17.9 Å². The zero-order valence-corrected chi connectivity index (χ0v) is 20.0. The Morgan fingerprint density at radius 2 is 1.66 bits per heavy atom. The van der Waals surface area contributed by atoms with Gasteiger partial charge in [0.1, 0.15) is 12.6 Å². The molecule has 184 valence electrons. The minimum atomic E-state index is -1.16. The molecule has 0 aliphatic heterocycles. The molecule has 0 radical (unpaired) electrons. The summed E-state index contributed by atoms with van der Waals surface area (Å²) in [5, 5.41) is 11.8. The molecule has 35 heavy (non-hydrogen) atoms. The first-order valence-electron chi connectivity index (χ1n) is 12.4. The number of nitrogens with one attached hydrogen (secondary N) is 1. The average molecular weight is 477 g/mol. The lowest BCUT2D eigenvalue weighted by atomic mass is 9.52. The maximum Gasteiger partial charge on any atom is 0.407 e. The van der Waals surface area contributed by atoms with E-state index >= 15 is 0 Å². The van der Waals surface area contributed by atoms with Crippen LogP contribution in [0.25, 0.3) is 11.1 Å². The molecule has 0 saturated heterocycles. The fraction of sp³-hybridized carbons (Fsp3) is 0.464. The number of hydrogen-bond donors (Lipinski definition) is 2. The first kappa shape index (κ1) is 23.4. The van der Waals surface area contributed by atoms with Crippen LogP contribution in [-0.4, -0.2) is 54.2 Å². The molecule has 5 rings (SSSR count). The van der Waals surface area contributed by atoms with Gasteiger partial charge < -0.3 is 20.1 Å². The number of amides is 2. The summed E-state index contributed by atoms with van der Waals surface area (Å²) in [7, 11) is 1.68. The van der Waals surface area contributed by atoms with Crippen LogP contribution in [0.3, 0.4) is 0 Å². The summed E-state index contributed by atoms with van der Waals surface area (Å²) in [5.74, 6) is -1.20. The maximum atomic E-state index is 13.0. The van der Waals surface area contributed by atoms with Crippen LogP contribution in [0.15, 0.2) is 48.5 Å². The molecule has 1 spiro atoms. The van der Waals surface area contributed by atoms with Crippen molar-refractivity contribution in [2.24, 2.45) is 11.3 Å². The molecule has 1 atom stereocenters. The van der Waals surface area contributed by atoms with E-state index in [1.165, 1.54) is 19.3 Å². The Kier molecular flexibility index (Phi) is 6.26. The van der Waals surface area contributed by atoms with Crippen molar-refractivity contribution in [2.75, 3.05) is 20.2 Å². The second-order valence-corrected chi connectivity index (χ2v) is 10.5. The summed E-state index contributed by atoms with van der Waals surface area (Å²) in [6.45, 7) is 0.691. The first-order valence-corrected chi connectivity index (χ1v) is 12.4. The number of ether oxygens (including phenoxy) is 1. The summed E-state index contributed by atoms with van der Waals surface area (Å²) < 4.78 is 5.53. The van der Waals surface area contributed by atoms with E-state index in [4.69, 9.17) is 4.74 Å². The second kappa shape index (κ2) is 9.36. The molecule has 2 aromatic carbocycles. The Morgan fingerprint density at radius 3 is 2.20 bits per heavy atom. The topological polar surface area (TPSA) is 95.9 Å². The molecule has 1 unspecified atom stereocenters. The highest BCUT2D eigenvalue weighted by Crippen LogP contribution is 2.58. The van der Waals surface area contributed by atoms with Crippen LogP contribution >= 0.6 is 0 Å². The number of likely N-dealkylation sites (N-methyl/N-ethyl adjacent to an activating group) is 1. The SMILES string of the molecule is CN(CC1CC2(CCC2)C1)C(=O)C(CC(=O)O)NC(=O)OCC1c2ccccc2-c2ccccc21. The van der Waals surface area contributed by atoms with Gasteiger partial charge in [0.25, 0.3) is 0 Å². The number of aliphatic carboxylic acids is 1. The predicted octanol–water partition coefficient (Wildman–Crippen LogP) is 4.41. The largest absolute Gasteiger partial charge is 0.481 e. The molecule has 2 aromatic rings. The van der Waals surface area contributed by atoms with Gasteiger partial charge in [0.2, 0.25) is 5.91 Å². The Morgan fingerprint density at radius 1 is 1.06 bits per heavy atom. The third kappa shape index (κ3) is 4.64. The zero-order valence-electron chi connectivity index (χ0n) is 20.0. The van der Waals surface area contributed by atoms with Gasteiger partial charge in [0, 0.05) is 19.5 Å². The van der Waals surface area contributed by atoms with Crippen molar-refractivity contribution in [3.8, 4) is 11.1 Å². The number of carbonyl (C=O) groups is 3. The van der Waals surface area contributed by atoms with Gasteiger partial charge in [-0.05, 0) is 59.3 Å². The van der Waals surface area contributed by atoms with Gasteiger partial charge in [-0.1, -0.05) is 55.0 Å². The monoisotopic (exact) mass is 476 g/mol. The zero-order chi connectivity index (χ0) is 24.6. The smallest absolute Gasteiger partial charge is 0.407 e. The molecule has 3 aliphatic carbocycles. The van der Waals surface area contributed by atoms with Crippen molar-refractivity contribution >= 4 is 18.0 Å². The summed E-state index contributed by atoms with van der Waals surface area (Å²) in [4.78, 5) is 38.7. The molecule has 0 heterocycles. The Bertz CT molecular complexity index is 1090. The number of rotatable bonds is 8. The standard InChI is InChI=1S/C28H32N2O5/c1-30(16-18-14-28(15-18)11-6-12-28)26(33)24(13-25(31)32)29-27(34)35-17-23-21-9-4-2-7-19(21)20-8-3-5-10-22(20)23/h2-5,7-10,18,23-24H,6,11-17H2,1H3,(H,29,34)(H,31,32). The van der Waals surface area contributed by atoms with Crippen LogP contribution in [0.4, 0.5) is 4.79 Å². The molecule has 2 amide bonds. The summed E-state index contributed by atoms with van der Waals surface area (Å²) in [5.41, 5.74) is 4.93. The Labute approximate surface area is 205 Å². The lowest BCUT2D eigenvalue weighted by Gasteiger charge is -2.55. The molecular formula is C28H32N2O5. The van der Waals surface area contributed by atoms with Crippen molar-refractivity contribution in [2.45, 2.75) is 50.5 Å². The molecule has 2 N–H and O–H groups in total. The van der Waals surface area contributed by atoms with E-state index in [-0.39, 0.29) is 12.5 Å². The number of alkyl carbamates (subject to hydrolysis) is 1. The van der Waals surface area contributed by atoms with Gasteiger partial charge in [-0.2, -0.15) is 0 Å². The maximum absolute atomic E-state index is 13.0. The van der Waals surface area contributed by atoms with E-state index < -0.39 is 30.4 Å². The lowest BCUT2D eigenvalue weighted by molar-refractivity contribution is -0.143. The second-order valence-electron chi connectivity index (χ2n) is 10.5. The number of carboxylic acid groups (broad SMARTS) is 1. The Balaban J connectivity index is 1.19. The number of benzene rings is 2. The minimum Gasteiger partial charge on any atom is -0.481 e. The number of fused-ring (bicyclic) bond motifs is 3. The van der Waals surface area contributed by atoms with Crippen LogP contribution in [0, 0.1) is 11.3 Å². The van der Waals surface area contributed by atoms with Gasteiger partial charge in [-0.25, -0.2) is 4.79 Å². The van der Waals surface area contributed by atoms with Crippen molar-refractivity contribution in [1.29, 1.82) is 0 Å². The molecule has 7 heteroatoms. The highest BCUT2D eigenvalue weighted by molar-refractivity contribution is 5.89. The number of nitrogens with zero attached hydrogens (tertiary/aromatic N) is 1. The van der Waals surface area contributed by atoms with Gasteiger partial charge >= 0.3 is 12.1 Å². The fourth-order valence-electron chi connectivity index (χ4n) is 6.28. The molecule has 3 aliphatic rings. The van der Waals surface area contributed by atoms with Crippen molar-refractivity contribution in [3.05, 3.63) is 59.7 Å². The normalized spacial score (nSPS) is 18.5. The van der Waals surface area contributed by atoms with Crippen LogP contribution < -0.4 is 5.32 Å². The van der Waals surface area contributed by atoms with E-state index in [1.54, 1.807) is 11.9 Å². The van der Waals surface area contributed by atoms with Crippen molar-refractivity contribution in [1.82, 2.24) is 10.2 Å². The third-order valence-corrected chi connectivity index (χ3v) is 8.08. The molecule has 7 nitrogen and oxygen atoms in total. The third-order valence-electron chi connectivity index (χ3n) is 8.08. The van der Waals surface area contributed by atoms with E-state index in [9.17, 15) is 19.5 Å². The summed E-state index contributed by atoms with van der Waals surface area (Å²) in [6, 6.07) is 14.9.